The number of nitriles is 1. The van der Waals surface area contributed by atoms with Crippen molar-refractivity contribution in [2.24, 2.45) is 11.8 Å². The third-order valence-electron chi connectivity index (χ3n) is 8.18. The molecule has 39 heavy (non-hydrogen) atoms. The topological polar surface area (TPSA) is 105 Å². The fourth-order valence-corrected chi connectivity index (χ4v) is 6.74. The summed E-state index contributed by atoms with van der Waals surface area (Å²) in [5, 5.41) is 17.1. The fourth-order valence-electron chi connectivity index (χ4n) is 6.32. The zero-order valence-corrected chi connectivity index (χ0v) is 23.4. The molecule has 0 radical (unpaired) electrons. The van der Waals surface area contributed by atoms with Crippen LogP contribution in [0.1, 0.15) is 36.0 Å². The highest BCUT2D eigenvalue weighted by Gasteiger charge is 2.53. The lowest BCUT2D eigenvalue weighted by molar-refractivity contribution is -0.121. The van der Waals surface area contributed by atoms with E-state index in [9.17, 15) is 10.1 Å². The largest absolute Gasteiger partial charge is 0.497 e. The molecule has 2 aromatic carbocycles. The first-order chi connectivity index (χ1) is 18.9. The van der Waals surface area contributed by atoms with Crippen LogP contribution < -0.4 is 4.74 Å². The normalized spacial score (nSPS) is 21.9. The van der Waals surface area contributed by atoms with E-state index < -0.39 is 5.41 Å². The number of H-pyrrole nitrogens is 1. The van der Waals surface area contributed by atoms with Gasteiger partial charge in [0.25, 0.3) is 0 Å². The van der Waals surface area contributed by atoms with Crippen LogP contribution in [0.25, 0.3) is 22.5 Å². The van der Waals surface area contributed by atoms with Gasteiger partial charge in [0, 0.05) is 22.6 Å². The van der Waals surface area contributed by atoms with Gasteiger partial charge in [0.1, 0.15) is 17.6 Å². The fraction of sp³-hybridized carbons (Fsp3) is 0.258. The predicted octanol–water partition coefficient (Wildman–Crippen LogP) is 6.13. The molecule has 4 aromatic rings. The lowest BCUT2D eigenvalue weighted by Crippen LogP contribution is -2.48. The number of aryl methyl sites for hydroxylation is 1. The van der Waals surface area contributed by atoms with Crippen molar-refractivity contribution in [3.05, 3.63) is 93.5 Å². The maximum Gasteiger partial charge on any atom is 0.176 e. The van der Waals surface area contributed by atoms with Crippen LogP contribution in [0.2, 0.25) is 0 Å². The number of hydrogen-bond donors (Lipinski definition) is 1. The maximum absolute atomic E-state index is 13.2. The standard InChI is InChI=1S/C31H26BrN5O2/c1-17-25-13-12-24-27(19-4-6-20(7-5-19)28-26(32)16-34-37-28)35-18(2)36-30(24)31(25,14-21(15-33)29(17)38)22-8-10-23(39-3)11-9-22/h4-11,14,16-17,25H,12-13H2,1-3H3,(H,34,37)/t17-,25-,31+/m0/s1. The molecule has 0 fully saturated rings. The number of fused-ring (bicyclic) bond motifs is 3. The van der Waals surface area contributed by atoms with Gasteiger partial charge in [-0.25, -0.2) is 9.97 Å². The third kappa shape index (κ3) is 3.92. The number of halogens is 1. The number of aromatic nitrogens is 4. The van der Waals surface area contributed by atoms with E-state index in [0.717, 1.165) is 62.4 Å². The number of hydrogen-bond acceptors (Lipinski definition) is 6. The van der Waals surface area contributed by atoms with Crippen LogP contribution in [0.4, 0.5) is 0 Å². The molecule has 7 nitrogen and oxygen atoms in total. The number of carbonyl (C=O) groups is 1. The van der Waals surface area contributed by atoms with Crippen molar-refractivity contribution in [1.29, 1.82) is 5.26 Å². The first-order valence-electron chi connectivity index (χ1n) is 12.9. The molecule has 2 heterocycles. The molecule has 2 aromatic heterocycles. The van der Waals surface area contributed by atoms with Crippen molar-refractivity contribution >= 4 is 21.7 Å². The summed E-state index contributed by atoms with van der Waals surface area (Å²) in [6, 6.07) is 18.3. The zero-order chi connectivity index (χ0) is 27.3. The quantitative estimate of drug-likeness (QED) is 0.312. The molecule has 0 saturated heterocycles. The monoisotopic (exact) mass is 579 g/mol. The Morgan fingerprint density at radius 1 is 1.10 bits per heavy atom. The molecular formula is C31H26BrN5O2. The van der Waals surface area contributed by atoms with Gasteiger partial charge in [-0.2, -0.15) is 10.4 Å². The minimum Gasteiger partial charge on any atom is -0.497 e. The minimum absolute atomic E-state index is 0.0368. The number of allylic oxidation sites excluding steroid dienone is 2. The number of benzene rings is 2. The van der Waals surface area contributed by atoms with Crippen molar-refractivity contribution in [1.82, 2.24) is 20.2 Å². The summed E-state index contributed by atoms with van der Waals surface area (Å²) >= 11 is 3.54. The smallest absolute Gasteiger partial charge is 0.176 e. The van der Waals surface area contributed by atoms with Gasteiger partial charge in [-0.3, -0.25) is 9.89 Å². The van der Waals surface area contributed by atoms with Crippen LogP contribution in [-0.4, -0.2) is 33.1 Å². The first-order valence-corrected chi connectivity index (χ1v) is 13.7. The van der Waals surface area contributed by atoms with Crippen molar-refractivity contribution in [3.8, 4) is 34.3 Å². The number of Topliss-reactive ketones (excluding diaryl/α,β-unsaturated/α-hetero) is 1. The molecule has 0 spiro atoms. The molecule has 194 valence electrons. The van der Waals surface area contributed by atoms with Gasteiger partial charge in [-0.15, -0.1) is 0 Å². The number of ether oxygens (including phenoxy) is 1. The van der Waals surface area contributed by atoms with E-state index >= 15 is 0 Å². The molecule has 2 aliphatic carbocycles. The Morgan fingerprint density at radius 2 is 1.82 bits per heavy atom. The number of aromatic amines is 1. The molecule has 0 saturated carbocycles. The summed E-state index contributed by atoms with van der Waals surface area (Å²) in [6.45, 7) is 3.85. The van der Waals surface area contributed by atoms with Gasteiger partial charge in [-0.05, 0) is 65.4 Å². The highest BCUT2D eigenvalue weighted by molar-refractivity contribution is 9.10. The zero-order valence-electron chi connectivity index (χ0n) is 21.8. The van der Waals surface area contributed by atoms with Gasteiger partial charge in [-0.1, -0.05) is 43.3 Å². The van der Waals surface area contributed by atoms with E-state index in [2.05, 4.69) is 56.5 Å². The molecule has 6 rings (SSSR count). The van der Waals surface area contributed by atoms with E-state index in [-0.39, 0.29) is 23.2 Å². The Kier molecular flexibility index (Phi) is 6.19. The Balaban J connectivity index is 1.58. The van der Waals surface area contributed by atoms with Gasteiger partial charge in [0.05, 0.1) is 45.8 Å². The van der Waals surface area contributed by atoms with Crippen LogP contribution in [-0.2, 0) is 16.6 Å². The predicted molar refractivity (Wildman–Crippen MR) is 151 cm³/mol. The number of nitrogens with one attached hydrogen (secondary N) is 1. The average molecular weight is 580 g/mol. The summed E-state index contributed by atoms with van der Waals surface area (Å²) in [4.78, 5) is 23.1. The van der Waals surface area contributed by atoms with Crippen molar-refractivity contribution in [2.45, 2.75) is 32.1 Å². The van der Waals surface area contributed by atoms with E-state index in [0.29, 0.717) is 5.82 Å². The second-order valence-corrected chi connectivity index (χ2v) is 11.0. The molecule has 3 atom stereocenters. The number of rotatable bonds is 4. The summed E-state index contributed by atoms with van der Waals surface area (Å²) in [5.74, 6) is 0.947. The molecule has 0 amide bonds. The van der Waals surface area contributed by atoms with Gasteiger partial charge >= 0.3 is 0 Å². The third-order valence-corrected chi connectivity index (χ3v) is 8.79. The Bertz CT molecular complexity index is 1670. The Hall–Kier alpha value is -4.09. The lowest BCUT2D eigenvalue weighted by atomic mass is 9.54. The van der Waals surface area contributed by atoms with Gasteiger partial charge < -0.3 is 4.74 Å². The number of nitrogens with zero attached hydrogens (tertiary/aromatic N) is 4. The van der Waals surface area contributed by atoms with Crippen LogP contribution in [0.15, 0.2) is 70.8 Å². The number of ketones is 1. The summed E-state index contributed by atoms with van der Waals surface area (Å²) in [7, 11) is 1.64. The molecular weight excluding hydrogens is 554 g/mol. The molecule has 0 unspecified atom stereocenters. The van der Waals surface area contributed by atoms with E-state index in [1.54, 1.807) is 13.3 Å². The summed E-state index contributed by atoms with van der Waals surface area (Å²) in [6.07, 6.45) is 5.13. The minimum atomic E-state index is -0.735. The van der Waals surface area contributed by atoms with E-state index in [4.69, 9.17) is 14.7 Å². The molecule has 0 aliphatic heterocycles. The highest BCUT2D eigenvalue weighted by Crippen LogP contribution is 2.54. The second kappa shape index (κ2) is 9.58. The molecule has 1 N–H and O–H groups in total. The van der Waals surface area contributed by atoms with Gasteiger partial charge in [0.2, 0.25) is 0 Å². The van der Waals surface area contributed by atoms with Crippen LogP contribution in [0.3, 0.4) is 0 Å². The number of carbonyl (C=O) groups excluding carboxylic acids is 1. The molecule has 8 heteroatoms. The number of methoxy groups -OCH3 is 1. The van der Waals surface area contributed by atoms with Gasteiger partial charge in [0.15, 0.2) is 5.78 Å². The van der Waals surface area contributed by atoms with Crippen LogP contribution in [0.5, 0.6) is 5.75 Å². The highest BCUT2D eigenvalue weighted by atomic mass is 79.9. The molecule has 2 aliphatic rings. The second-order valence-electron chi connectivity index (χ2n) is 10.2. The Labute approximate surface area is 235 Å². The van der Waals surface area contributed by atoms with E-state index in [1.807, 2.05) is 44.2 Å². The van der Waals surface area contributed by atoms with Crippen molar-refractivity contribution in [2.75, 3.05) is 7.11 Å². The van der Waals surface area contributed by atoms with Crippen molar-refractivity contribution in [3.63, 3.8) is 0 Å². The lowest BCUT2D eigenvalue weighted by Gasteiger charge is -2.48. The summed E-state index contributed by atoms with van der Waals surface area (Å²) < 4.78 is 6.33. The van der Waals surface area contributed by atoms with Crippen LogP contribution >= 0.6 is 15.9 Å². The Morgan fingerprint density at radius 3 is 2.46 bits per heavy atom. The summed E-state index contributed by atoms with van der Waals surface area (Å²) in [5.41, 5.74) is 6.18. The van der Waals surface area contributed by atoms with Crippen LogP contribution in [0, 0.1) is 30.1 Å². The van der Waals surface area contributed by atoms with Crippen molar-refractivity contribution < 1.29 is 9.53 Å². The SMILES string of the molecule is COc1ccc([C@]23C=C(C#N)C(=O)[C@@H](C)[C@@H]2CCc2c(-c4ccc(-c5[nH]ncc5Br)cc4)nc(C)nc23)cc1. The maximum atomic E-state index is 13.2. The molecule has 0 bridgehead atoms. The van der Waals surface area contributed by atoms with E-state index in [1.165, 1.54) is 0 Å². The average Bonchev–Trinajstić information content (AvgIpc) is 3.40. The first kappa shape index (κ1) is 25.2.